The van der Waals surface area contributed by atoms with Gasteiger partial charge in [0.1, 0.15) is 28.5 Å². The zero-order chi connectivity index (χ0) is 24.3. The molecule has 0 fully saturated rings. The van der Waals surface area contributed by atoms with E-state index in [-0.39, 0.29) is 27.7 Å². The van der Waals surface area contributed by atoms with E-state index in [4.69, 9.17) is 9.47 Å². The summed E-state index contributed by atoms with van der Waals surface area (Å²) in [7, 11) is -0.981. The number of benzene rings is 2. The van der Waals surface area contributed by atoms with Crippen molar-refractivity contribution in [3.63, 3.8) is 0 Å². The molecule has 2 aromatic carbocycles. The maximum atomic E-state index is 13.1. The van der Waals surface area contributed by atoms with Crippen LogP contribution >= 0.6 is 0 Å². The molecule has 1 N–H and O–H groups in total. The number of non-ortho nitro benzene ring substituents is 1. The van der Waals surface area contributed by atoms with Crippen molar-refractivity contribution in [1.82, 2.24) is 15.0 Å². The van der Waals surface area contributed by atoms with Crippen LogP contribution in [-0.4, -0.2) is 42.5 Å². The molecule has 2 aromatic heterocycles. The van der Waals surface area contributed by atoms with Gasteiger partial charge in [-0.25, -0.2) is 23.4 Å². The summed E-state index contributed by atoms with van der Waals surface area (Å²) in [4.78, 5) is 23.3. The summed E-state index contributed by atoms with van der Waals surface area (Å²) >= 11 is 0. The topological polar surface area (TPSA) is 146 Å². The van der Waals surface area contributed by atoms with Gasteiger partial charge in [0, 0.05) is 42.2 Å². The van der Waals surface area contributed by atoms with Gasteiger partial charge in [0.05, 0.1) is 24.0 Å². The number of nitrogens with zero attached hydrogens (tertiary/aromatic N) is 4. The van der Waals surface area contributed by atoms with Gasteiger partial charge in [0.2, 0.25) is 0 Å². The van der Waals surface area contributed by atoms with Gasteiger partial charge < -0.3 is 14.8 Å². The Morgan fingerprint density at radius 1 is 1.00 bits per heavy atom. The number of fused-ring (bicyclic) bond motifs is 1. The van der Waals surface area contributed by atoms with Crippen LogP contribution in [0.4, 0.5) is 17.2 Å². The van der Waals surface area contributed by atoms with Crippen molar-refractivity contribution in [3.8, 4) is 11.5 Å². The summed E-state index contributed by atoms with van der Waals surface area (Å²) < 4.78 is 36.9. The monoisotopic (exact) mass is 481 g/mol. The van der Waals surface area contributed by atoms with Gasteiger partial charge in [-0.1, -0.05) is 6.07 Å². The predicted octanol–water partition coefficient (Wildman–Crippen LogP) is 3.67. The van der Waals surface area contributed by atoms with E-state index in [2.05, 4.69) is 20.3 Å². The largest absolute Gasteiger partial charge is 0.497 e. The molecule has 0 unspecified atom stereocenters. The third-order valence-electron chi connectivity index (χ3n) is 4.84. The number of anilines is 2. The van der Waals surface area contributed by atoms with Crippen molar-refractivity contribution in [2.45, 2.75) is 10.6 Å². The molecule has 0 spiro atoms. The summed E-state index contributed by atoms with van der Waals surface area (Å²) in [6.45, 7) is 0. The lowest BCUT2D eigenvalue weighted by Gasteiger charge is -2.14. The Morgan fingerprint density at radius 2 is 1.74 bits per heavy atom. The highest BCUT2D eigenvalue weighted by atomic mass is 32.2. The van der Waals surface area contributed by atoms with Crippen molar-refractivity contribution in [2.75, 3.05) is 19.5 Å². The molecule has 0 aliphatic heterocycles. The highest BCUT2D eigenvalue weighted by Crippen LogP contribution is 2.30. The van der Waals surface area contributed by atoms with E-state index in [0.717, 1.165) is 6.07 Å². The smallest absolute Gasteiger partial charge is 0.270 e. The molecular weight excluding hydrogens is 462 g/mol. The Kier molecular flexibility index (Phi) is 6.23. The fraction of sp³-hybridized carbons (Fsp3) is 0.136. The molecule has 0 amide bonds. The quantitative estimate of drug-likeness (QED) is 0.292. The molecule has 11 nitrogen and oxygen atoms in total. The van der Waals surface area contributed by atoms with Gasteiger partial charge in [-0.3, -0.25) is 10.1 Å². The van der Waals surface area contributed by atoms with Crippen molar-refractivity contribution >= 4 is 38.2 Å². The van der Waals surface area contributed by atoms with E-state index in [0.29, 0.717) is 22.7 Å². The number of pyridine rings is 1. The van der Waals surface area contributed by atoms with Crippen LogP contribution in [0.25, 0.3) is 11.2 Å². The van der Waals surface area contributed by atoms with E-state index in [9.17, 15) is 18.5 Å². The Morgan fingerprint density at radius 3 is 2.41 bits per heavy atom. The minimum absolute atomic E-state index is 0.0968. The molecule has 0 bridgehead atoms. The maximum Gasteiger partial charge on any atom is 0.270 e. The first-order chi connectivity index (χ1) is 16.3. The Bertz CT molecular complexity index is 1470. The van der Waals surface area contributed by atoms with E-state index < -0.39 is 20.5 Å². The summed E-state index contributed by atoms with van der Waals surface area (Å²) in [5, 5.41) is 14.2. The first kappa shape index (κ1) is 22.9. The van der Waals surface area contributed by atoms with Crippen LogP contribution in [-0.2, 0) is 15.6 Å². The van der Waals surface area contributed by atoms with E-state index >= 15 is 0 Å². The molecule has 2 heterocycles. The Hall–Kier alpha value is -4.32. The molecule has 12 heteroatoms. The maximum absolute atomic E-state index is 13.1. The molecule has 34 heavy (non-hydrogen) atoms. The average molecular weight is 481 g/mol. The number of hydrogen-bond acceptors (Lipinski definition) is 10. The van der Waals surface area contributed by atoms with Crippen molar-refractivity contribution in [2.24, 2.45) is 0 Å². The minimum atomic E-state index is -4.00. The molecular formula is C22H19N5O6S. The molecule has 4 rings (SSSR count). The van der Waals surface area contributed by atoms with Crippen LogP contribution in [0.2, 0.25) is 0 Å². The molecule has 0 aliphatic rings. The number of rotatable bonds is 8. The number of hydrogen-bond donors (Lipinski definition) is 1. The van der Waals surface area contributed by atoms with Crippen molar-refractivity contribution < 1.29 is 22.8 Å². The molecule has 0 radical (unpaired) electrons. The Balaban J connectivity index is 1.79. The fourth-order valence-electron chi connectivity index (χ4n) is 3.20. The first-order valence-electron chi connectivity index (χ1n) is 9.88. The predicted molar refractivity (Wildman–Crippen MR) is 124 cm³/mol. The second-order valence-corrected chi connectivity index (χ2v) is 9.09. The average Bonchev–Trinajstić information content (AvgIpc) is 2.84. The molecule has 174 valence electrons. The SMILES string of the molecule is COc1cc(Nc2nc3cccnc3nc2CS(=O)(=O)c2cccc([N+](=O)[O-])c2)cc(OC)c1. The van der Waals surface area contributed by atoms with Crippen LogP contribution in [0.5, 0.6) is 11.5 Å². The number of aromatic nitrogens is 3. The molecule has 0 aliphatic carbocycles. The number of methoxy groups -OCH3 is 2. The van der Waals surface area contributed by atoms with Gasteiger partial charge in [-0.15, -0.1) is 0 Å². The van der Waals surface area contributed by atoms with Gasteiger partial charge in [0.25, 0.3) is 5.69 Å². The lowest BCUT2D eigenvalue weighted by atomic mass is 10.2. The van der Waals surface area contributed by atoms with Crippen LogP contribution in [0.1, 0.15) is 5.69 Å². The van der Waals surface area contributed by atoms with E-state index in [1.165, 1.54) is 38.6 Å². The van der Waals surface area contributed by atoms with Gasteiger partial charge in [-0.2, -0.15) is 0 Å². The van der Waals surface area contributed by atoms with Crippen LogP contribution in [0.3, 0.4) is 0 Å². The number of ether oxygens (including phenoxy) is 2. The summed E-state index contributed by atoms with van der Waals surface area (Å²) in [5.74, 6) is 0.660. The summed E-state index contributed by atoms with van der Waals surface area (Å²) in [6, 6.07) is 13.3. The van der Waals surface area contributed by atoms with Gasteiger partial charge >= 0.3 is 0 Å². The summed E-state index contributed by atoms with van der Waals surface area (Å²) in [6.07, 6.45) is 1.52. The third kappa shape index (κ3) is 4.86. The van der Waals surface area contributed by atoms with Crippen LogP contribution in [0.15, 0.2) is 65.7 Å². The number of nitro benzene ring substituents is 1. The number of nitrogens with one attached hydrogen (secondary N) is 1. The zero-order valence-electron chi connectivity index (χ0n) is 18.1. The van der Waals surface area contributed by atoms with Crippen LogP contribution < -0.4 is 14.8 Å². The summed E-state index contributed by atoms with van der Waals surface area (Å²) in [5.41, 5.74) is 1.02. The van der Waals surface area contributed by atoms with E-state index in [1.807, 2.05) is 0 Å². The zero-order valence-corrected chi connectivity index (χ0v) is 18.9. The first-order valence-corrected chi connectivity index (χ1v) is 11.5. The van der Waals surface area contributed by atoms with Crippen molar-refractivity contribution in [3.05, 3.63) is 76.6 Å². The number of nitro groups is 1. The lowest BCUT2D eigenvalue weighted by molar-refractivity contribution is -0.385. The Labute approximate surface area is 194 Å². The van der Waals surface area contributed by atoms with Crippen LogP contribution in [0, 0.1) is 10.1 Å². The molecule has 0 saturated heterocycles. The normalized spacial score (nSPS) is 11.2. The fourth-order valence-corrected chi connectivity index (χ4v) is 4.51. The highest BCUT2D eigenvalue weighted by molar-refractivity contribution is 7.90. The molecule has 0 atom stereocenters. The van der Waals surface area contributed by atoms with Gasteiger partial charge in [-0.05, 0) is 18.2 Å². The lowest BCUT2D eigenvalue weighted by Crippen LogP contribution is -2.11. The van der Waals surface area contributed by atoms with Crippen molar-refractivity contribution in [1.29, 1.82) is 0 Å². The minimum Gasteiger partial charge on any atom is -0.497 e. The standard InChI is InChI=1S/C22H19N5O6S/c1-32-16-9-14(10-17(12-16)33-2)24-22-20(26-21-19(25-22)7-4-8-23-21)13-34(30,31)18-6-3-5-15(11-18)27(28)29/h3-12H,13H2,1-2H3,(H,24,25). The second kappa shape index (κ2) is 9.27. The third-order valence-corrected chi connectivity index (χ3v) is 6.47. The second-order valence-electron chi connectivity index (χ2n) is 7.10. The van der Waals surface area contributed by atoms with E-state index in [1.54, 1.807) is 30.3 Å². The van der Waals surface area contributed by atoms with Gasteiger partial charge in [0.15, 0.2) is 21.3 Å². The molecule has 4 aromatic rings. The highest BCUT2D eigenvalue weighted by Gasteiger charge is 2.23. The molecule has 0 saturated carbocycles. The number of sulfone groups is 1.